The number of likely N-dealkylation sites (N-methyl/N-ethyl adjacent to an activating group) is 1. The number of hydrogen-bond acceptors (Lipinski definition) is 3. The van der Waals surface area contributed by atoms with Gasteiger partial charge in [0.05, 0.1) is 11.3 Å². The predicted molar refractivity (Wildman–Crippen MR) is 82.9 cm³/mol. The van der Waals surface area contributed by atoms with Gasteiger partial charge in [0, 0.05) is 25.3 Å². The molecule has 0 radical (unpaired) electrons. The molecule has 0 spiro atoms. The molecule has 0 saturated carbocycles. The van der Waals surface area contributed by atoms with Crippen molar-refractivity contribution in [3.8, 4) is 0 Å². The van der Waals surface area contributed by atoms with Gasteiger partial charge in [-0.1, -0.05) is 6.92 Å². The van der Waals surface area contributed by atoms with E-state index >= 15 is 0 Å². The summed E-state index contributed by atoms with van der Waals surface area (Å²) in [4.78, 5) is 31.0. The third-order valence-electron chi connectivity index (χ3n) is 4.20. The molecule has 2 rings (SSSR count). The fraction of sp³-hybridized carbons (Fsp3) is 0.625. The number of amides is 1. The van der Waals surface area contributed by atoms with Gasteiger partial charge in [-0.25, -0.2) is 0 Å². The van der Waals surface area contributed by atoms with E-state index in [-0.39, 0.29) is 5.91 Å². The van der Waals surface area contributed by atoms with Crippen LogP contribution in [0.5, 0.6) is 0 Å². The van der Waals surface area contributed by atoms with E-state index in [1.165, 1.54) is 0 Å². The number of fused-ring (bicyclic) bond motifs is 1. The van der Waals surface area contributed by atoms with Crippen LogP contribution < -0.4 is 0 Å². The van der Waals surface area contributed by atoms with Crippen LogP contribution in [-0.4, -0.2) is 60.2 Å². The number of aryl methyl sites for hydroxylation is 1. The topological polar surface area (TPSA) is 56.4 Å². The molecule has 5 heteroatoms. The van der Waals surface area contributed by atoms with Gasteiger partial charge >= 0.3 is 0 Å². The number of aromatic nitrogens is 1. The second-order valence-electron chi connectivity index (χ2n) is 5.83. The summed E-state index contributed by atoms with van der Waals surface area (Å²) in [6.07, 6.45) is 3.69. The molecule has 0 fully saturated rings. The predicted octanol–water partition coefficient (Wildman–Crippen LogP) is 1.87. The van der Waals surface area contributed by atoms with Crippen molar-refractivity contribution in [2.75, 3.05) is 33.2 Å². The third-order valence-corrected chi connectivity index (χ3v) is 4.20. The van der Waals surface area contributed by atoms with E-state index < -0.39 is 0 Å². The van der Waals surface area contributed by atoms with Crippen LogP contribution in [0, 0.1) is 6.92 Å². The molecule has 2 heterocycles. The molecule has 0 aromatic carbocycles. The zero-order valence-corrected chi connectivity index (χ0v) is 13.2. The van der Waals surface area contributed by atoms with Gasteiger partial charge in [0.15, 0.2) is 6.29 Å². The molecule has 21 heavy (non-hydrogen) atoms. The van der Waals surface area contributed by atoms with E-state index in [4.69, 9.17) is 0 Å². The minimum Gasteiger partial charge on any atom is -0.355 e. The Labute approximate surface area is 126 Å². The molecule has 0 saturated heterocycles. The molecule has 1 N–H and O–H groups in total. The average molecular weight is 291 g/mol. The van der Waals surface area contributed by atoms with E-state index in [0.717, 1.165) is 63.0 Å². The number of nitrogens with one attached hydrogen (secondary N) is 1. The Kier molecular flexibility index (Phi) is 5.17. The van der Waals surface area contributed by atoms with Crippen molar-refractivity contribution in [3.63, 3.8) is 0 Å². The largest absolute Gasteiger partial charge is 0.355 e. The minimum atomic E-state index is 0.0641. The number of rotatable bonds is 6. The van der Waals surface area contributed by atoms with Gasteiger partial charge in [0.1, 0.15) is 0 Å². The second kappa shape index (κ2) is 6.89. The molecule has 1 aromatic rings. The van der Waals surface area contributed by atoms with Crippen molar-refractivity contribution in [2.45, 2.75) is 33.1 Å². The highest BCUT2D eigenvalue weighted by Crippen LogP contribution is 2.23. The lowest BCUT2D eigenvalue weighted by Gasteiger charge is -2.24. The highest BCUT2D eigenvalue weighted by Gasteiger charge is 2.27. The summed E-state index contributed by atoms with van der Waals surface area (Å²) < 4.78 is 0. The lowest BCUT2D eigenvalue weighted by atomic mass is 10.1. The first kappa shape index (κ1) is 15.8. The quantitative estimate of drug-likeness (QED) is 0.814. The van der Waals surface area contributed by atoms with Gasteiger partial charge in [-0.2, -0.15) is 0 Å². The van der Waals surface area contributed by atoms with Crippen LogP contribution in [0.2, 0.25) is 0 Å². The van der Waals surface area contributed by atoms with Crippen LogP contribution in [0.15, 0.2) is 0 Å². The first-order chi connectivity index (χ1) is 10.1. The molecule has 1 amide bonds. The molecule has 0 unspecified atom stereocenters. The van der Waals surface area contributed by atoms with Crippen molar-refractivity contribution in [3.05, 3.63) is 22.5 Å². The summed E-state index contributed by atoms with van der Waals surface area (Å²) in [5, 5.41) is 0. The third kappa shape index (κ3) is 3.35. The standard InChI is InChI=1S/C16H25N3O2/c1-4-7-18(3)9-10-19-8-5-6-13-15(16(19)21)12(2)14(11-20)17-13/h11,17H,4-10H2,1-3H3. The van der Waals surface area contributed by atoms with Gasteiger partial charge in [-0.05, 0) is 45.3 Å². The SMILES string of the molecule is CCCN(C)CCN1CCCc2[nH]c(C=O)c(C)c2C1=O. The number of carbonyl (C=O) groups excluding carboxylic acids is 2. The fourth-order valence-electron chi connectivity index (χ4n) is 2.98. The maximum Gasteiger partial charge on any atom is 0.256 e. The van der Waals surface area contributed by atoms with E-state index in [9.17, 15) is 9.59 Å². The summed E-state index contributed by atoms with van der Waals surface area (Å²) in [5.74, 6) is 0.0641. The monoisotopic (exact) mass is 291 g/mol. The number of carbonyl (C=O) groups is 2. The van der Waals surface area contributed by atoms with Crippen LogP contribution in [0.3, 0.4) is 0 Å². The van der Waals surface area contributed by atoms with Gasteiger partial charge < -0.3 is 14.8 Å². The smallest absolute Gasteiger partial charge is 0.256 e. The van der Waals surface area contributed by atoms with Crippen molar-refractivity contribution in [1.29, 1.82) is 0 Å². The van der Waals surface area contributed by atoms with Crippen molar-refractivity contribution in [1.82, 2.24) is 14.8 Å². The van der Waals surface area contributed by atoms with Gasteiger partial charge in [0.25, 0.3) is 5.91 Å². The van der Waals surface area contributed by atoms with Crippen molar-refractivity contribution < 1.29 is 9.59 Å². The van der Waals surface area contributed by atoms with Gasteiger partial charge in [0.2, 0.25) is 0 Å². The van der Waals surface area contributed by atoms with E-state index in [2.05, 4.69) is 23.9 Å². The fourth-order valence-corrected chi connectivity index (χ4v) is 2.98. The first-order valence-corrected chi connectivity index (χ1v) is 7.72. The molecule has 1 aromatic heterocycles. The zero-order chi connectivity index (χ0) is 15.4. The highest BCUT2D eigenvalue weighted by atomic mass is 16.2. The van der Waals surface area contributed by atoms with E-state index in [1.807, 2.05) is 11.8 Å². The zero-order valence-electron chi connectivity index (χ0n) is 13.2. The molecule has 0 aliphatic carbocycles. The first-order valence-electron chi connectivity index (χ1n) is 7.72. The van der Waals surface area contributed by atoms with Gasteiger partial charge in [-0.3, -0.25) is 9.59 Å². The molecular formula is C16H25N3O2. The summed E-state index contributed by atoms with van der Waals surface area (Å²) in [6, 6.07) is 0. The molecule has 0 atom stereocenters. The second-order valence-corrected chi connectivity index (χ2v) is 5.83. The Bertz CT molecular complexity index is 522. The lowest BCUT2D eigenvalue weighted by molar-refractivity contribution is 0.0746. The number of hydrogen-bond donors (Lipinski definition) is 1. The van der Waals surface area contributed by atoms with Gasteiger partial charge in [-0.15, -0.1) is 0 Å². The number of aromatic amines is 1. The maximum atomic E-state index is 12.7. The molecule has 5 nitrogen and oxygen atoms in total. The Hall–Kier alpha value is -1.62. The Morgan fingerprint density at radius 2 is 2.14 bits per heavy atom. The van der Waals surface area contributed by atoms with Crippen LogP contribution in [0.4, 0.5) is 0 Å². The normalized spacial score (nSPS) is 15.2. The highest BCUT2D eigenvalue weighted by molar-refractivity contribution is 5.99. The Balaban J connectivity index is 2.13. The minimum absolute atomic E-state index is 0.0641. The molecular weight excluding hydrogens is 266 g/mol. The van der Waals surface area contributed by atoms with Crippen LogP contribution >= 0.6 is 0 Å². The molecule has 0 bridgehead atoms. The van der Waals surface area contributed by atoms with Crippen molar-refractivity contribution >= 4 is 12.2 Å². The lowest BCUT2D eigenvalue weighted by Crippen LogP contribution is -2.38. The number of H-pyrrole nitrogens is 1. The summed E-state index contributed by atoms with van der Waals surface area (Å²) in [6.45, 7) is 7.48. The van der Waals surface area contributed by atoms with E-state index in [0.29, 0.717) is 11.3 Å². The summed E-state index contributed by atoms with van der Waals surface area (Å²) >= 11 is 0. The summed E-state index contributed by atoms with van der Waals surface area (Å²) in [5.41, 5.74) is 2.97. The number of aldehydes is 1. The average Bonchev–Trinajstić information content (AvgIpc) is 2.68. The Morgan fingerprint density at radius 3 is 2.81 bits per heavy atom. The van der Waals surface area contributed by atoms with E-state index in [1.54, 1.807) is 0 Å². The molecule has 1 aliphatic heterocycles. The molecule has 116 valence electrons. The van der Waals surface area contributed by atoms with Crippen molar-refractivity contribution in [2.24, 2.45) is 0 Å². The Morgan fingerprint density at radius 1 is 1.38 bits per heavy atom. The number of nitrogens with zero attached hydrogens (tertiary/aromatic N) is 2. The molecule has 1 aliphatic rings. The van der Waals surface area contributed by atoms with Crippen LogP contribution in [-0.2, 0) is 6.42 Å². The van der Waals surface area contributed by atoms with Crippen LogP contribution in [0.25, 0.3) is 0 Å². The van der Waals surface area contributed by atoms with Crippen LogP contribution in [0.1, 0.15) is 51.9 Å². The summed E-state index contributed by atoms with van der Waals surface area (Å²) in [7, 11) is 2.09. The maximum absolute atomic E-state index is 12.7.